The molecule has 0 spiro atoms. The monoisotopic (exact) mass is 221 g/mol. The van der Waals surface area contributed by atoms with Gasteiger partial charge < -0.3 is 10.1 Å². The highest BCUT2D eigenvalue weighted by atomic mass is 16.5. The summed E-state index contributed by atoms with van der Waals surface area (Å²) < 4.78 is 5.15. The molecule has 0 saturated heterocycles. The van der Waals surface area contributed by atoms with Gasteiger partial charge in [-0.05, 0) is 36.6 Å². The molecule has 0 amide bonds. The summed E-state index contributed by atoms with van der Waals surface area (Å²) in [7, 11) is 1.70. The summed E-state index contributed by atoms with van der Waals surface area (Å²) >= 11 is 0. The molecule has 0 bridgehead atoms. The molecule has 0 aliphatic carbocycles. The van der Waals surface area contributed by atoms with E-state index in [9.17, 15) is 0 Å². The predicted octanol–water partition coefficient (Wildman–Crippen LogP) is 3.19. The third-order valence-corrected chi connectivity index (χ3v) is 2.84. The summed E-state index contributed by atoms with van der Waals surface area (Å²) in [6.07, 6.45) is 2.51. The maximum atomic E-state index is 5.15. The Morgan fingerprint density at radius 3 is 2.50 bits per heavy atom. The molecule has 0 aliphatic heterocycles. The van der Waals surface area contributed by atoms with Gasteiger partial charge in [0.2, 0.25) is 0 Å². The van der Waals surface area contributed by atoms with E-state index in [1.807, 2.05) is 12.1 Å². The third kappa shape index (κ3) is 4.23. The Kier molecular flexibility index (Phi) is 5.94. The molecule has 0 aliphatic rings. The topological polar surface area (TPSA) is 21.3 Å². The predicted molar refractivity (Wildman–Crippen MR) is 69.2 cm³/mol. The van der Waals surface area contributed by atoms with Crippen LogP contribution in [0.25, 0.3) is 0 Å². The number of benzene rings is 1. The highest BCUT2D eigenvalue weighted by Crippen LogP contribution is 2.18. The minimum Gasteiger partial charge on any atom is -0.497 e. The van der Waals surface area contributed by atoms with Gasteiger partial charge in [0.25, 0.3) is 0 Å². The van der Waals surface area contributed by atoms with Gasteiger partial charge in [-0.2, -0.15) is 0 Å². The third-order valence-electron chi connectivity index (χ3n) is 2.84. The zero-order valence-corrected chi connectivity index (χ0v) is 10.6. The molecule has 0 saturated carbocycles. The average molecular weight is 221 g/mol. The Morgan fingerprint density at radius 1 is 1.25 bits per heavy atom. The highest BCUT2D eigenvalue weighted by molar-refractivity contribution is 5.29. The molecule has 1 unspecified atom stereocenters. The maximum Gasteiger partial charge on any atom is 0.118 e. The first-order chi connectivity index (χ1) is 7.77. The number of methoxy groups -OCH3 is 1. The van der Waals surface area contributed by atoms with Gasteiger partial charge in [0, 0.05) is 6.54 Å². The first-order valence-electron chi connectivity index (χ1n) is 6.12. The van der Waals surface area contributed by atoms with E-state index in [1.54, 1.807) is 7.11 Å². The van der Waals surface area contributed by atoms with Crippen molar-refractivity contribution in [1.29, 1.82) is 0 Å². The Balaban J connectivity index is 2.37. The van der Waals surface area contributed by atoms with Crippen LogP contribution < -0.4 is 10.1 Å². The van der Waals surface area contributed by atoms with Crippen molar-refractivity contribution in [3.05, 3.63) is 29.8 Å². The van der Waals surface area contributed by atoms with Crippen LogP contribution in [0, 0.1) is 0 Å². The standard InChI is InChI=1S/C14H23NO/c1-4-5-10-15-11-12(2)13-6-8-14(16-3)9-7-13/h6-9,12,15H,4-5,10-11H2,1-3H3. The zero-order chi connectivity index (χ0) is 11.8. The molecule has 2 heteroatoms. The minimum absolute atomic E-state index is 0.558. The molecule has 1 aromatic carbocycles. The number of ether oxygens (including phenoxy) is 1. The Bertz CT molecular complexity index is 281. The molecular formula is C14H23NO. The van der Waals surface area contributed by atoms with E-state index in [0.717, 1.165) is 18.8 Å². The molecule has 1 rings (SSSR count). The summed E-state index contributed by atoms with van der Waals surface area (Å²) in [6.45, 7) is 6.64. The van der Waals surface area contributed by atoms with Crippen LogP contribution in [0.5, 0.6) is 5.75 Å². The van der Waals surface area contributed by atoms with Crippen LogP contribution >= 0.6 is 0 Å². The fourth-order valence-corrected chi connectivity index (χ4v) is 1.67. The first-order valence-corrected chi connectivity index (χ1v) is 6.12. The van der Waals surface area contributed by atoms with Crippen molar-refractivity contribution in [2.45, 2.75) is 32.6 Å². The van der Waals surface area contributed by atoms with Crippen molar-refractivity contribution in [1.82, 2.24) is 5.32 Å². The molecule has 0 aromatic heterocycles. The maximum absolute atomic E-state index is 5.15. The molecule has 0 fully saturated rings. The van der Waals surface area contributed by atoms with Gasteiger partial charge in [-0.1, -0.05) is 32.4 Å². The molecule has 16 heavy (non-hydrogen) atoms. The van der Waals surface area contributed by atoms with E-state index < -0.39 is 0 Å². The number of rotatable bonds is 7. The van der Waals surface area contributed by atoms with E-state index in [4.69, 9.17) is 4.74 Å². The van der Waals surface area contributed by atoms with E-state index >= 15 is 0 Å². The Labute approximate surface area is 99.0 Å². The molecule has 0 heterocycles. The van der Waals surface area contributed by atoms with E-state index in [1.165, 1.54) is 18.4 Å². The lowest BCUT2D eigenvalue weighted by Crippen LogP contribution is -2.21. The number of unbranched alkanes of at least 4 members (excludes halogenated alkanes) is 1. The minimum atomic E-state index is 0.558. The number of hydrogen-bond donors (Lipinski definition) is 1. The van der Waals surface area contributed by atoms with Crippen molar-refractivity contribution in [3.8, 4) is 5.75 Å². The normalized spacial score (nSPS) is 12.4. The summed E-state index contributed by atoms with van der Waals surface area (Å²) in [6, 6.07) is 8.34. The van der Waals surface area contributed by atoms with Gasteiger partial charge in [-0.3, -0.25) is 0 Å². The van der Waals surface area contributed by atoms with Crippen molar-refractivity contribution in [2.24, 2.45) is 0 Å². The SMILES string of the molecule is CCCCNCC(C)c1ccc(OC)cc1. The average Bonchev–Trinajstić information content (AvgIpc) is 2.34. The number of hydrogen-bond acceptors (Lipinski definition) is 2. The molecular weight excluding hydrogens is 198 g/mol. The zero-order valence-electron chi connectivity index (χ0n) is 10.6. The summed E-state index contributed by atoms with van der Waals surface area (Å²) in [5.74, 6) is 1.48. The van der Waals surface area contributed by atoms with Gasteiger partial charge in [0.05, 0.1) is 7.11 Å². The van der Waals surface area contributed by atoms with Crippen LogP contribution in [0.1, 0.15) is 38.2 Å². The van der Waals surface area contributed by atoms with Gasteiger partial charge in [-0.25, -0.2) is 0 Å². The smallest absolute Gasteiger partial charge is 0.118 e. The van der Waals surface area contributed by atoms with Crippen LogP contribution in [0.15, 0.2) is 24.3 Å². The van der Waals surface area contributed by atoms with E-state index in [0.29, 0.717) is 5.92 Å². The Morgan fingerprint density at radius 2 is 1.94 bits per heavy atom. The second kappa shape index (κ2) is 7.29. The van der Waals surface area contributed by atoms with Gasteiger partial charge in [-0.15, -0.1) is 0 Å². The van der Waals surface area contributed by atoms with Crippen LogP contribution in [0.3, 0.4) is 0 Å². The molecule has 90 valence electrons. The fraction of sp³-hybridized carbons (Fsp3) is 0.571. The molecule has 0 radical (unpaired) electrons. The van der Waals surface area contributed by atoms with Crippen molar-refractivity contribution < 1.29 is 4.74 Å². The molecule has 1 atom stereocenters. The van der Waals surface area contributed by atoms with Crippen LogP contribution in [-0.4, -0.2) is 20.2 Å². The van der Waals surface area contributed by atoms with Crippen LogP contribution in [-0.2, 0) is 0 Å². The lowest BCUT2D eigenvalue weighted by Gasteiger charge is -2.13. The fourth-order valence-electron chi connectivity index (χ4n) is 1.67. The second-order valence-corrected chi connectivity index (χ2v) is 4.23. The molecule has 2 nitrogen and oxygen atoms in total. The quantitative estimate of drug-likeness (QED) is 0.714. The largest absolute Gasteiger partial charge is 0.497 e. The molecule has 1 aromatic rings. The summed E-state index contributed by atoms with van der Waals surface area (Å²) in [5.41, 5.74) is 1.37. The van der Waals surface area contributed by atoms with Gasteiger partial charge in [0.1, 0.15) is 5.75 Å². The van der Waals surface area contributed by atoms with Crippen molar-refractivity contribution >= 4 is 0 Å². The highest BCUT2D eigenvalue weighted by Gasteiger charge is 2.04. The second-order valence-electron chi connectivity index (χ2n) is 4.23. The van der Waals surface area contributed by atoms with Crippen molar-refractivity contribution in [2.75, 3.05) is 20.2 Å². The number of nitrogens with one attached hydrogen (secondary N) is 1. The van der Waals surface area contributed by atoms with E-state index in [-0.39, 0.29) is 0 Å². The summed E-state index contributed by atoms with van der Waals surface area (Å²) in [4.78, 5) is 0. The first kappa shape index (κ1) is 13.0. The van der Waals surface area contributed by atoms with Crippen LogP contribution in [0.4, 0.5) is 0 Å². The summed E-state index contributed by atoms with van der Waals surface area (Å²) in [5, 5.41) is 3.48. The molecule has 1 N–H and O–H groups in total. The lowest BCUT2D eigenvalue weighted by molar-refractivity contribution is 0.414. The van der Waals surface area contributed by atoms with Crippen molar-refractivity contribution in [3.63, 3.8) is 0 Å². The van der Waals surface area contributed by atoms with E-state index in [2.05, 4.69) is 31.3 Å². The van der Waals surface area contributed by atoms with Gasteiger partial charge >= 0.3 is 0 Å². The van der Waals surface area contributed by atoms with Crippen LogP contribution in [0.2, 0.25) is 0 Å². The lowest BCUT2D eigenvalue weighted by atomic mass is 10.0. The Hall–Kier alpha value is -1.02. The van der Waals surface area contributed by atoms with Gasteiger partial charge in [0.15, 0.2) is 0 Å².